The van der Waals surface area contributed by atoms with Crippen LogP contribution in [-0.4, -0.2) is 16.9 Å². The predicted molar refractivity (Wildman–Crippen MR) is 58.5 cm³/mol. The molecule has 0 aliphatic heterocycles. The van der Waals surface area contributed by atoms with Crippen LogP contribution in [0.25, 0.3) is 0 Å². The first kappa shape index (κ1) is 12.4. The molecule has 0 aromatic carbocycles. The predicted octanol–water partition coefficient (Wildman–Crippen LogP) is 1.21. The Bertz CT molecular complexity index is 194. The van der Waals surface area contributed by atoms with E-state index in [0.717, 1.165) is 6.42 Å². The summed E-state index contributed by atoms with van der Waals surface area (Å²) in [6.07, 6.45) is 1.33. The fourth-order valence-electron chi connectivity index (χ4n) is 0.814. The van der Waals surface area contributed by atoms with Crippen LogP contribution in [0.15, 0.2) is 0 Å². The molecule has 0 bridgehead atoms. The molecule has 4 heteroatoms. The van der Waals surface area contributed by atoms with Crippen molar-refractivity contribution in [3.05, 3.63) is 0 Å². The SMILES string of the molecule is CCC(C)NC(=O)CC(C)C(N)=S. The van der Waals surface area contributed by atoms with Crippen LogP contribution < -0.4 is 11.1 Å². The molecule has 2 unspecified atom stereocenters. The fraction of sp³-hybridized carbons (Fsp3) is 0.778. The number of thiocarbonyl (C=S) groups is 1. The Balaban J connectivity index is 3.81. The maximum atomic E-state index is 11.3. The Morgan fingerprint density at radius 3 is 2.46 bits per heavy atom. The molecule has 76 valence electrons. The van der Waals surface area contributed by atoms with Crippen LogP contribution >= 0.6 is 12.2 Å². The van der Waals surface area contributed by atoms with Gasteiger partial charge < -0.3 is 11.1 Å². The Morgan fingerprint density at radius 1 is 1.54 bits per heavy atom. The third-order valence-corrected chi connectivity index (χ3v) is 2.40. The van der Waals surface area contributed by atoms with Crippen LogP contribution in [0.5, 0.6) is 0 Å². The number of nitrogens with two attached hydrogens (primary N) is 1. The molecule has 0 fully saturated rings. The van der Waals surface area contributed by atoms with Gasteiger partial charge in [-0.1, -0.05) is 26.1 Å². The average molecular weight is 202 g/mol. The van der Waals surface area contributed by atoms with Gasteiger partial charge in [-0.2, -0.15) is 0 Å². The third kappa shape index (κ3) is 5.58. The summed E-state index contributed by atoms with van der Waals surface area (Å²) in [5.41, 5.74) is 5.40. The van der Waals surface area contributed by atoms with Gasteiger partial charge in [-0.25, -0.2) is 0 Å². The van der Waals surface area contributed by atoms with Gasteiger partial charge in [0.2, 0.25) is 5.91 Å². The Kier molecular flexibility index (Phi) is 5.62. The van der Waals surface area contributed by atoms with Crippen molar-refractivity contribution in [2.24, 2.45) is 11.7 Å². The molecule has 0 aromatic heterocycles. The van der Waals surface area contributed by atoms with Crippen LogP contribution in [0.2, 0.25) is 0 Å². The molecule has 0 saturated heterocycles. The smallest absolute Gasteiger partial charge is 0.220 e. The van der Waals surface area contributed by atoms with Gasteiger partial charge in [0.15, 0.2) is 0 Å². The van der Waals surface area contributed by atoms with Crippen LogP contribution in [0.3, 0.4) is 0 Å². The second-order valence-corrected chi connectivity index (χ2v) is 3.86. The number of carbonyl (C=O) groups is 1. The normalized spacial score (nSPS) is 14.7. The van der Waals surface area contributed by atoms with E-state index in [9.17, 15) is 4.79 Å². The van der Waals surface area contributed by atoms with Gasteiger partial charge in [-0.3, -0.25) is 4.79 Å². The topological polar surface area (TPSA) is 55.1 Å². The molecule has 0 aliphatic rings. The van der Waals surface area contributed by atoms with Crippen LogP contribution in [-0.2, 0) is 4.79 Å². The average Bonchev–Trinajstić information content (AvgIpc) is 2.03. The van der Waals surface area contributed by atoms with E-state index in [1.54, 1.807) is 0 Å². The lowest BCUT2D eigenvalue weighted by molar-refractivity contribution is -0.122. The molecule has 0 rings (SSSR count). The summed E-state index contributed by atoms with van der Waals surface area (Å²) >= 11 is 4.78. The van der Waals surface area contributed by atoms with Crippen molar-refractivity contribution in [3.8, 4) is 0 Å². The van der Waals surface area contributed by atoms with E-state index in [4.69, 9.17) is 18.0 Å². The third-order valence-electron chi connectivity index (χ3n) is 2.00. The maximum Gasteiger partial charge on any atom is 0.220 e. The van der Waals surface area contributed by atoms with Crippen LogP contribution in [0.4, 0.5) is 0 Å². The highest BCUT2D eigenvalue weighted by Crippen LogP contribution is 2.02. The van der Waals surface area contributed by atoms with E-state index >= 15 is 0 Å². The zero-order chi connectivity index (χ0) is 10.4. The number of hydrogen-bond donors (Lipinski definition) is 2. The van der Waals surface area contributed by atoms with Gasteiger partial charge in [0.05, 0.1) is 4.99 Å². The number of amides is 1. The van der Waals surface area contributed by atoms with E-state index in [1.807, 2.05) is 20.8 Å². The molecule has 1 amide bonds. The molecule has 0 radical (unpaired) electrons. The molecule has 3 N–H and O–H groups in total. The molecule has 0 saturated carbocycles. The number of hydrogen-bond acceptors (Lipinski definition) is 2. The number of nitrogens with one attached hydrogen (secondary N) is 1. The van der Waals surface area contributed by atoms with Crippen molar-refractivity contribution in [1.82, 2.24) is 5.32 Å². The van der Waals surface area contributed by atoms with Gasteiger partial charge in [0.1, 0.15) is 0 Å². The Labute approximate surface area is 85.1 Å². The minimum absolute atomic E-state index is 0.0148. The summed E-state index contributed by atoms with van der Waals surface area (Å²) in [6.45, 7) is 5.86. The summed E-state index contributed by atoms with van der Waals surface area (Å²) in [5.74, 6) is 0.00806. The minimum atomic E-state index is -0.0148. The van der Waals surface area contributed by atoms with Gasteiger partial charge in [-0.05, 0) is 13.3 Å². The molecule has 13 heavy (non-hydrogen) atoms. The minimum Gasteiger partial charge on any atom is -0.393 e. The monoisotopic (exact) mass is 202 g/mol. The summed E-state index contributed by atoms with van der Waals surface area (Å²) in [5, 5.41) is 2.86. The van der Waals surface area contributed by atoms with E-state index in [1.165, 1.54) is 0 Å². The number of rotatable bonds is 5. The summed E-state index contributed by atoms with van der Waals surface area (Å²) < 4.78 is 0. The van der Waals surface area contributed by atoms with Crippen molar-refractivity contribution in [2.75, 3.05) is 0 Å². The van der Waals surface area contributed by atoms with Crippen molar-refractivity contribution in [2.45, 2.75) is 39.7 Å². The Morgan fingerprint density at radius 2 is 2.08 bits per heavy atom. The molecule has 0 spiro atoms. The quantitative estimate of drug-likeness (QED) is 0.659. The van der Waals surface area contributed by atoms with Gasteiger partial charge in [0.25, 0.3) is 0 Å². The second kappa shape index (κ2) is 5.91. The molecule has 0 heterocycles. The first-order valence-electron chi connectivity index (χ1n) is 4.56. The van der Waals surface area contributed by atoms with Crippen molar-refractivity contribution in [3.63, 3.8) is 0 Å². The van der Waals surface area contributed by atoms with E-state index in [-0.39, 0.29) is 17.9 Å². The van der Waals surface area contributed by atoms with Gasteiger partial charge in [-0.15, -0.1) is 0 Å². The van der Waals surface area contributed by atoms with E-state index < -0.39 is 0 Å². The lowest BCUT2D eigenvalue weighted by Gasteiger charge is -2.13. The molecular weight excluding hydrogens is 184 g/mol. The van der Waals surface area contributed by atoms with Crippen molar-refractivity contribution >= 4 is 23.1 Å². The highest BCUT2D eigenvalue weighted by Gasteiger charge is 2.12. The van der Waals surface area contributed by atoms with Crippen LogP contribution in [0.1, 0.15) is 33.6 Å². The first-order chi connectivity index (χ1) is 5.97. The second-order valence-electron chi connectivity index (χ2n) is 3.38. The zero-order valence-corrected chi connectivity index (χ0v) is 9.28. The van der Waals surface area contributed by atoms with E-state index in [0.29, 0.717) is 11.4 Å². The maximum absolute atomic E-state index is 11.3. The highest BCUT2D eigenvalue weighted by molar-refractivity contribution is 7.80. The first-order valence-corrected chi connectivity index (χ1v) is 4.96. The largest absolute Gasteiger partial charge is 0.393 e. The van der Waals surface area contributed by atoms with E-state index in [2.05, 4.69) is 5.32 Å². The summed E-state index contributed by atoms with van der Waals surface area (Å²) in [4.78, 5) is 11.7. The molecular formula is C9H18N2OS. The van der Waals surface area contributed by atoms with Crippen molar-refractivity contribution < 1.29 is 4.79 Å². The molecule has 3 nitrogen and oxygen atoms in total. The summed E-state index contributed by atoms with van der Waals surface area (Å²) in [6, 6.07) is 0.228. The van der Waals surface area contributed by atoms with Crippen molar-refractivity contribution in [1.29, 1.82) is 0 Å². The zero-order valence-electron chi connectivity index (χ0n) is 8.46. The lowest BCUT2D eigenvalue weighted by atomic mass is 10.1. The van der Waals surface area contributed by atoms with Gasteiger partial charge in [0, 0.05) is 18.4 Å². The molecule has 0 aromatic rings. The Hall–Kier alpha value is -0.640. The summed E-state index contributed by atoms with van der Waals surface area (Å²) in [7, 11) is 0. The number of carbonyl (C=O) groups excluding carboxylic acids is 1. The molecule has 2 atom stereocenters. The standard InChI is InChI=1S/C9H18N2OS/c1-4-7(3)11-8(12)5-6(2)9(10)13/h6-7H,4-5H2,1-3H3,(H2,10,13)(H,11,12). The van der Waals surface area contributed by atoms with Gasteiger partial charge >= 0.3 is 0 Å². The highest BCUT2D eigenvalue weighted by atomic mass is 32.1. The lowest BCUT2D eigenvalue weighted by Crippen LogP contribution is -2.34. The fourth-order valence-corrected chi connectivity index (χ4v) is 0.898. The van der Waals surface area contributed by atoms with Crippen LogP contribution in [0, 0.1) is 5.92 Å². The molecule has 0 aliphatic carbocycles.